The van der Waals surface area contributed by atoms with Gasteiger partial charge in [-0.3, -0.25) is 0 Å². The molecule has 0 fully saturated rings. The van der Waals surface area contributed by atoms with Crippen molar-refractivity contribution in [1.82, 2.24) is 9.97 Å². The van der Waals surface area contributed by atoms with E-state index in [0.717, 1.165) is 9.13 Å². The fourth-order valence-electron chi connectivity index (χ4n) is 1.40. The molecule has 1 aromatic heterocycles. The van der Waals surface area contributed by atoms with Crippen LogP contribution in [0.15, 0.2) is 30.6 Å². The first-order chi connectivity index (χ1) is 8.58. The van der Waals surface area contributed by atoms with Crippen molar-refractivity contribution in [3.8, 4) is 11.8 Å². The third kappa shape index (κ3) is 2.76. The molecule has 0 atom stereocenters. The highest BCUT2D eigenvalue weighted by Crippen LogP contribution is 2.27. The summed E-state index contributed by atoms with van der Waals surface area (Å²) in [6.45, 7) is 1.77. The topological polar surface area (TPSA) is 72.3 Å². The Bertz CT molecular complexity index is 584. The van der Waals surface area contributed by atoms with E-state index < -0.39 is 5.97 Å². The largest absolute Gasteiger partial charge is 0.478 e. The molecule has 1 N–H and O–H groups in total. The number of carboxylic acids is 1. The van der Waals surface area contributed by atoms with Crippen LogP contribution in [-0.2, 0) is 0 Å². The van der Waals surface area contributed by atoms with Gasteiger partial charge in [0, 0.05) is 16.0 Å². The van der Waals surface area contributed by atoms with Crippen molar-refractivity contribution in [2.24, 2.45) is 0 Å². The second-order valence-corrected chi connectivity index (χ2v) is 4.79. The molecule has 6 heteroatoms. The molecular weight excluding hydrogens is 347 g/mol. The van der Waals surface area contributed by atoms with Gasteiger partial charge in [-0.25, -0.2) is 14.8 Å². The molecule has 2 rings (SSSR count). The molecule has 18 heavy (non-hydrogen) atoms. The highest BCUT2D eigenvalue weighted by atomic mass is 127. The Kier molecular flexibility index (Phi) is 3.75. The number of para-hydroxylation sites is 1. The average Bonchev–Trinajstić information content (AvgIpc) is 2.34. The van der Waals surface area contributed by atoms with Gasteiger partial charge in [-0.05, 0) is 41.1 Å². The van der Waals surface area contributed by atoms with Gasteiger partial charge < -0.3 is 9.84 Å². The molecule has 1 aromatic carbocycles. The van der Waals surface area contributed by atoms with Crippen molar-refractivity contribution >= 4 is 28.6 Å². The number of aryl methyl sites for hydroxylation is 1. The second kappa shape index (κ2) is 5.30. The molecule has 5 nitrogen and oxygen atoms in total. The lowest BCUT2D eigenvalue weighted by molar-refractivity contribution is 0.0694. The number of nitrogens with zero attached hydrogens (tertiary/aromatic N) is 2. The van der Waals surface area contributed by atoms with Crippen molar-refractivity contribution in [1.29, 1.82) is 0 Å². The maximum atomic E-state index is 11.1. The number of rotatable bonds is 3. The Morgan fingerprint density at radius 2 is 2.00 bits per heavy atom. The predicted octanol–water partition coefficient (Wildman–Crippen LogP) is 2.88. The summed E-state index contributed by atoms with van der Waals surface area (Å²) >= 11 is 2.08. The van der Waals surface area contributed by atoms with Crippen LogP contribution in [0.3, 0.4) is 0 Å². The number of halogens is 1. The molecule has 0 aliphatic carbocycles. The van der Waals surface area contributed by atoms with Gasteiger partial charge in [-0.2, -0.15) is 0 Å². The van der Waals surface area contributed by atoms with E-state index in [4.69, 9.17) is 9.84 Å². The Morgan fingerprint density at radius 1 is 1.33 bits per heavy atom. The smallest absolute Gasteiger partial charge is 0.339 e. The Balaban J connectivity index is 2.39. The van der Waals surface area contributed by atoms with Crippen LogP contribution in [0.1, 0.15) is 15.9 Å². The van der Waals surface area contributed by atoms with Gasteiger partial charge in [0.1, 0.15) is 11.3 Å². The summed E-state index contributed by atoms with van der Waals surface area (Å²) in [7, 11) is 0. The maximum Gasteiger partial charge on any atom is 0.339 e. The number of carbonyl (C=O) groups is 1. The fourth-order valence-corrected chi connectivity index (χ4v) is 1.68. The number of hydrogen-bond acceptors (Lipinski definition) is 4. The third-order valence-electron chi connectivity index (χ3n) is 2.23. The Labute approximate surface area is 117 Å². The van der Waals surface area contributed by atoms with E-state index in [1.54, 1.807) is 31.5 Å². The molecule has 92 valence electrons. The number of aromatic carboxylic acids is 1. The second-order valence-electron chi connectivity index (χ2n) is 3.54. The molecule has 0 radical (unpaired) electrons. The summed E-state index contributed by atoms with van der Waals surface area (Å²) in [5.74, 6) is -0.773. The standard InChI is InChI=1S/C12H9IN2O3/c1-7-3-2-4-9(11(16)17)10(7)18-12-14-5-8(13)6-15-12/h2-6H,1H3,(H,16,17). The molecule has 0 spiro atoms. The van der Waals surface area contributed by atoms with Crippen LogP contribution in [-0.4, -0.2) is 21.0 Å². The van der Waals surface area contributed by atoms with Gasteiger partial charge >= 0.3 is 12.0 Å². The van der Waals surface area contributed by atoms with Crippen LogP contribution in [0.4, 0.5) is 0 Å². The van der Waals surface area contributed by atoms with Crippen molar-refractivity contribution in [2.75, 3.05) is 0 Å². The first-order valence-electron chi connectivity index (χ1n) is 5.06. The summed E-state index contributed by atoms with van der Waals surface area (Å²) < 4.78 is 6.33. The third-order valence-corrected chi connectivity index (χ3v) is 2.79. The highest BCUT2D eigenvalue weighted by Gasteiger charge is 2.15. The zero-order valence-corrected chi connectivity index (χ0v) is 11.6. The summed E-state index contributed by atoms with van der Waals surface area (Å²) in [5.41, 5.74) is 0.814. The van der Waals surface area contributed by atoms with Crippen molar-refractivity contribution in [3.63, 3.8) is 0 Å². The molecule has 0 aliphatic rings. The SMILES string of the molecule is Cc1cccc(C(=O)O)c1Oc1ncc(I)cn1. The molecule has 0 saturated heterocycles. The van der Waals surface area contributed by atoms with Crippen LogP contribution < -0.4 is 4.74 Å². The minimum Gasteiger partial charge on any atom is -0.478 e. The molecule has 2 aromatic rings. The minimum absolute atomic E-state index is 0.0946. The van der Waals surface area contributed by atoms with Crippen LogP contribution in [0.2, 0.25) is 0 Å². The van der Waals surface area contributed by atoms with Crippen molar-refractivity contribution in [3.05, 3.63) is 45.3 Å². The van der Waals surface area contributed by atoms with Crippen LogP contribution >= 0.6 is 22.6 Å². The minimum atomic E-state index is -1.04. The van der Waals surface area contributed by atoms with Gasteiger partial charge in [-0.15, -0.1) is 0 Å². The van der Waals surface area contributed by atoms with Crippen LogP contribution in [0.25, 0.3) is 0 Å². The van der Waals surface area contributed by atoms with Gasteiger partial charge in [0.15, 0.2) is 0 Å². The van der Waals surface area contributed by atoms with Crippen LogP contribution in [0, 0.1) is 10.5 Å². The summed E-state index contributed by atoms with van der Waals surface area (Å²) in [6.07, 6.45) is 3.20. The first-order valence-corrected chi connectivity index (χ1v) is 6.14. The van der Waals surface area contributed by atoms with E-state index >= 15 is 0 Å². The quantitative estimate of drug-likeness (QED) is 0.857. The van der Waals surface area contributed by atoms with E-state index in [1.807, 2.05) is 0 Å². The Morgan fingerprint density at radius 3 is 2.61 bits per heavy atom. The number of ether oxygens (including phenoxy) is 1. The molecule has 0 unspecified atom stereocenters. The van der Waals surface area contributed by atoms with E-state index in [2.05, 4.69) is 32.6 Å². The summed E-state index contributed by atoms with van der Waals surface area (Å²) in [5, 5.41) is 9.09. The molecule has 0 bridgehead atoms. The van der Waals surface area contributed by atoms with Gasteiger partial charge in [0.05, 0.1) is 0 Å². The molecule has 1 heterocycles. The van der Waals surface area contributed by atoms with E-state index in [-0.39, 0.29) is 17.3 Å². The predicted molar refractivity (Wildman–Crippen MR) is 73.0 cm³/mol. The van der Waals surface area contributed by atoms with E-state index in [9.17, 15) is 4.79 Å². The van der Waals surface area contributed by atoms with Crippen molar-refractivity contribution < 1.29 is 14.6 Å². The van der Waals surface area contributed by atoms with Crippen molar-refractivity contribution in [2.45, 2.75) is 6.92 Å². The van der Waals surface area contributed by atoms with Gasteiger partial charge in [0.2, 0.25) is 0 Å². The molecule has 0 aliphatic heterocycles. The summed E-state index contributed by atoms with van der Waals surface area (Å²) in [6, 6.07) is 5.05. The average molecular weight is 356 g/mol. The Hall–Kier alpha value is -1.70. The normalized spacial score (nSPS) is 10.1. The number of benzene rings is 1. The maximum absolute atomic E-state index is 11.1. The number of aromatic nitrogens is 2. The fraction of sp³-hybridized carbons (Fsp3) is 0.0833. The van der Waals surface area contributed by atoms with Gasteiger partial charge in [-0.1, -0.05) is 12.1 Å². The van der Waals surface area contributed by atoms with Crippen LogP contribution in [0.5, 0.6) is 11.8 Å². The van der Waals surface area contributed by atoms with Gasteiger partial charge in [0.25, 0.3) is 0 Å². The summed E-state index contributed by atoms with van der Waals surface area (Å²) in [4.78, 5) is 19.1. The number of hydrogen-bond donors (Lipinski definition) is 1. The lowest BCUT2D eigenvalue weighted by Gasteiger charge is -2.09. The van der Waals surface area contributed by atoms with E-state index in [1.165, 1.54) is 6.07 Å². The number of carboxylic acid groups (broad SMARTS) is 1. The first kappa shape index (κ1) is 12.7. The molecule has 0 amide bonds. The molecule has 0 saturated carbocycles. The van der Waals surface area contributed by atoms with E-state index in [0.29, 0.717) is 0 Å². The zero-order chi connectivity index (χ0) is 13.1. The molecular formula is C12H9IN2O3. The lowest BCUT2D eigenvalue weighted by Crippen LogP contribution is -2.03. The zero-order valence-electron chi connectivity index (χ0n) is 9.42. The monoisotopic (exact) mass is 356 g/mol. The lowest BCUT2D eigenvalue weighted by atomic mass is 10.1. The highest BCUT2D eigenvalue weighted by molar-refractivity contribution is 14.1.